The van der Waals surface area contributed by atoms with E-state index in [1.54, 1.807) is 43.5 Å². The summed E-state index contributed by atoms with van der Waals surface area (Å²) in [5, 5.41) is 2.78. The lowest BCUT2D eigenvalue weighted by molar-refractivity contribution is 0.102. The predicted molar refractivity (Wildman–Crippen MR) is 128 cm³/mol. The molecule has 166 valence electrons. The minimum Gasteiger partial charge on any atom is -0.322 e. The van der Waals surface area contributed by atoms with E-state index >= 15 is 0 Å². The molecule has 0 fully saturated rings. The fraction of sp³-hybridized carbons (Fsp3) is 0.0357. The largest absolute Gasteiger partial charge is 0.322 e. The van der Waals surface area contributed by atoms with Crippen LogP contribution in [0.4, 0.5) is 14.5 Å². The van der Waals surface area contributed by atoms with Gasteiger partial charge in [-0.25, -0.2) is 8.78 Å². The molecule has 34 heavy (non-hydrogen) atoms. The quantitative estimate of drug-likeness (QED) is 0.479. The number of anilines is 1. The van der Waals surface area contributed by atoms with E-state index in [4.69, 9.17) is 0 Å². The lowest BCUT2D eigenvalue weighted by Crippen LogP contribution is -2.20. The lowest BCUT2D eigenvalue weighted by atomic mass is 9.96. The number of nitrogens with one attached hydrogen (secondary N) is 1. The third kappa shape index (κ3) is 3.98. The molecular weight excluding hydrogens is 432 g/mol. The number of carbonyl (C=O) groups excluding carboxylic acids is 1. The first-order chi connectivity index (χ1) is 16.5. The maximum Gasteiger partial charge on any atom is 0.257 e. The number of aryl methyl sites for hydroxylation is 1. The van der Waals surface area contributed by atoms with Gasteiger partial charge in [-0.2, -0.15) is 0 Å². The monoisotopic (exact) mass is 451 g/mol. The highest BCUT2D eigenvalue weighted by Gasteiger charge is 2.24. The van der Waals surface area contributed by atoms with Gasteiger partial charge in [0.15, 0.2) is 0 Å². The van der Waals surface area contributed by atoms with Gasteiger partial charge in [-0.15, -0.1) is 0 Å². The second-order valence-electron chi connectivity index (χ2n) is 7.80. The molecule has 0 saturated heterocycles. The highest BCUT2D eigenvalue weighted by molar-refractivity contribution is 6.05. The van der Waals surface area contributed by atoms with Crippen LogP contribution in [0.3, 0.4) is 0 Å². The SMILES string of the molecule is Cc1ncc(C2=CC=CN3C(c4ccccc4F)=C=CC=C23)cc1C(=O)Nc1ccc(F)cc1. The van der Waals surface area contributed by atoms with Crippen LogP contribution < -0.4 is 5.32 Å². The number of fused-ring (bicyclic) bond motifs is 1. The Morgan fingerprint density at radius 1 is 1.06 bits per heavy atom. The number of hydrogen-bond donors (Lipinski definition) is 1. The summed E-state index contributed by atoms with van der Waals surface area (Å²) in [4.78, 5) is 19.2. The fourth-order valence-corrected chi connectivity index (χ4v) is 3.90. The number of allylic oxidation sites excluding steroid dienone is 5. The summed E-state index contributed by atoms with van der Waals surface area (Å²) in [6.45, 7) is 1.76. The molecule has 0 saturated carbocycles. The summed E-state index contributed by atoms with van der Waals surface area (Å²) in [6, 6.07) is 13.9. The molecule has 0 spiro atoms. The van der Waals surface area contributed by atoms with Crippen molar-refractivity contribution in [2.24, 2.45) is 0 Å². The first-order valence-electron chi connectivity index (χ1n) is 10.7. The van der Waals surface area contributed by atoms with Crippen molar-refractivity contribution in [1.29, 1.82) is 0 Å². The normalized spacial score (nSPS) is 14.2. The molecule has 5 rings (SSSR count). The van der Waals surface area contributed by atoms with Crippen molar-refractivity contribution >= 4 is 22.9 Å². The molecule has 2 aliphatic rings. The Bertz CT molecular complexity index is 1460. The second-order valence-corrected chi connectivity index (χ2v) is 7.80. The van der Waals surface area contributed by atoms with Crippen LogP contribution in [-0.2, 0) is 0 Å². The summed E-state index contributed by atoms with van der Waals surface area (Å²) < 4.78 is 27.7. The van der Waals surface area contributed by atoms with Crippen LogP contribution in [0.15, 0.2) is 103 Å². The fourth-order valence-electron chi connectivity index (χ4n) is 3.90. The van der Waals surface area contributed by atoms with E-state index in [1.165, 1.54) is 30.3 Å². The number of aromatic nitrogens is 1. The summed E-state index contributed by atoms with van der Waals surface area (Å²) >= 11 is 0. The summed E-state index contributed by atoms with van der Waals surface area (Å²) in [5.74, 6) is -1.05. The maximum atomic E-state index is 14.5. The van der Waals surface area contributed by atoms with Gasteiger partial charge >= 0.3 is 0 Å². The second kappa shape index (κ2) is 8.77. The van der Waals surface area contributed by atoms with E-state index in [0.717, 1.165) is 16.8 Å². The Morgan fingerprint density at radius 2 is 1.85 bits per heavy atom. The minimum absolute atomic E-state index is 0.332. The Kier molecular flexibility index (Phi) is 5.50. The average Bonchev–Trinajstić information content (AvgIpc) is 2.85. The Hall–Kier alpha value is -4.54. The third-order valence-electron chi connectivity index (χ3n) is 5.61. The molecule has 0 bridgehead atoms. The highest BCUT2D eigenvalue weighted by Crippen LogP contribution is 2.37. The van der Waals surface area contributed by atoms with E-state index in [9.17, 15) is 13.6 Å². The molecule has 1 N–H and O–H groups in total. The van der Waals surface area contributed by atoms with Gasteiger partial charge in [0.25, 0.3) is 5.91 Å². The van der Waals surface area contributed by atoms with Crippen LogP contribution in [-0.4, -0.2) is 15.8 Å². The number of pyridine rings is 1. The number of hydrogen-bond acceptors (Lipinski definition) is 3. The molecule has 2 aromatic carbocycles. The van der Waals surface area contributed by atoms with Gasteiger partial charge < -0.3 is 10.2 Å². The summed E-state index contributed by atoms with van der Waals surface area (Å²) in [7, 11) is 0. The molecule has 3 heterocycles. The zero-order valence-electron chi connectivity index (χ0n) is 18.2. The van der Waals surface area contributed by atoms with E-state index in [2.05, 4.69) is 16.0 Å². The van der Waals surface area contributed by atoms with Gasteiger partial charge in [0.1, 0.15) is 11.6 Å². The molecule has 0 radical (unpaired) electrons. The van der Waals surface area contributed by atoms with Crippen molar-refractivity contribution in [2.45, 2.75) is 6.92 Å². The maximum absolute atomic E-state index is 14.5. The van der Waals surface area contributed by atoms with Gasteiger partial charge in [-0.1, -0.05) is 23.9 Å². The first-order valence-corrected chi connectivity index (χ1v) is 10.7. The van der Waals surface area contributed by atoms with E-state index in [1.807, 2.05) is 29.3 Å². The molecule has 3 aromatic rings. The van der Waals surface area contributed by atoms with Crippen molar-refractivity contribution in [3.05, 3.63) is 137 Å². The van der Waals surface area contributed by atoms with Gasteiger partial charge in [-0.3, -0.25) is 9.78 Å². The van der Waals surface area contributed by atoms with Crippen LogP contribution in [0.5, 0.6) is 0 Å². The number of carbonyl (C=O) groups is 1. The van der Waals surface area contributed by atoms with Gasteiger partial charge in [0.2, 0.25) is 0 Å². The number of nitrogens with zero attached hydrogens (tertiary/aromatic N) is 2. The van der Waals surface area contributed by atoms with E-state index < -0.39 is 0 Å². The molecule has 2 aliphatic heterocycles. The molecule has 0 unspecified atom stereocenters. The van der Waals surface area contributed by atoms with Crippen LogP contribution in [0.1, 0.15) is 27.2 Å². The number of halogens is 2. The molecule has 0 atom stereocenters. The summed E-state index contributed by atoms with van der Waals surface area (Å²) in [5.41, 5.74) is 8.00. The Labute approximate surface area is 195 Å². The molecule has 0 aliphatic carbocycles. The van der Waals surface area contributed by atoms with Crippen molar-refractivity contribution in [3.63, 3.8) is 0 Å². The molecule has 1 aromatic heterocycles. The minimum atomic E-state index is -0.377. The molecule has 4 nitrogen and oxygen atoms in total. The Balaban J connectivity index is 1.46. The first kappa shape index (κ1) is 21.3. The van der Waals surface area contributed by atoms with Gasteiger partial charge in [0, 0.05) is 34.8 Å². The highest BCUT2D eigenvalue weighted by atomic mass is 19.1. The van der Waals surface area contributed by atoms with Crippen molar-refractivity contribution < 1.29 is 13.6 Å². The standard InChI is InChI=1S/C28H19F2N3O/c1-18-24(28(34)32-21-13-11-20(29)12-14-21)16-19(17-31-18)22-7-5-15-33-26(22)9-4-10-27(33)23-6-2-3-8-25(23)30/h2-9,11-17H,1H3,(H,32,34). The third-order valence-corrected chi connectivity index (χ3v) is 5.61. The van der Waals surface area contributed by atoms with Crippen LogP contribution in [0, 0.1) is 18.6 Å². The lowest BCUT2D eigenvalue weighted by Gasteiger charge is -2.31. The Morgan fingerprint density at radius 3 is 2.65 bits per heavy atom. The van der Waals surface area contributed by atoms with Crippen LogP contribution in [0.25, 0.3) is 11.3 Å². The van der Waals surface area contributed by atoms with Crippen molar-refractivity contribution in [2.75, 3.05) is 5.32 Å². The van der Waals surface area contributed by atoms with Crippen LogP contribution >= 0.6 is 0 Å². The predicted octanol–water partition coefficient (Wildman–Crippen LogP) is 6.23. The number of amides is 1. The van der Waals surface area contributed by atoms with Gasteiger partial charge in [0.05, 0.1) is 22.7 Å². The smallest absolute Gasteiger partial charge is 0.257 e. The average molecular weight is 451 g/mol. The zero-order chi connectivity index (χ0) is 23.7. The number of rotatable bonds is 4. The number of benzene rings is 2. The van der Waals surface area contributed by atoms with Crippen LogP contribution in [0.2, 0.25) is 0 Å². The van der Waals surface area contributed by atoms with E-state index in [-0.39, 0.29) is 17.5 Å². The van der Waals surface area contributed by atoms with Gasteiger partial charge in [-0.05, 0) is 67.6 Å². The summed E-state index contributed by atoms with van der Waals surface area (Å²) in [6.07, 6.45) is 11.0. The topological polar surface area (TPSA) is 45.2 Å². The van der Waals surface area contributed by atoms with E-state index in [0.29, 0.717) is 28.2 Å². The molecule has 1 amide bonds. The van der Waals surface area contributed by atoms with Crippen molar-refractivity contribution in [1.82, 2.24) is 9.88 Å². The molecule has 6 heteroatoms. The van der Waals surface area contributed by atoms with Crippen molar-refractivity contribution in [3.8, 4) is 0 Å². The molecular formula is C28H19F2N3O. The zero-order valence-corrected chi connectivity index (χ0v) is 18.2.